The summed E-state index contributed by atoms with van der Waals surface area (Å²) in [6.45, 7) is 0. The molecule has 25 heavy (non-hydrogen) atoms. The van der Waals surface area contributed by atoms with Crippen LogP contribution in [-0.2, 0) is 9.59 Å². The summed E-state index contributed by atoms with van der Waals surface area (Å²) in [5, 5.41) is 13.7. The molecule has 0 bridgehead atoms. The quantitative estimate of drug-likeness (QED) is 0.779. The van der Waals surface area contributed by atoms with Crippen LogP contribution in [0.5, 0.6) is 0 Å². The van der Waals surface area contributed by atoms with E-state index in [0.29, 0.717) is 12.8 Å². The number of rotatable bonds is 2. The van der Waals surface area contributed by atoms with Gasteiger partial charge in [-0.2, -0.15) is 18.4 Å². The zero-order valence-corrected chi connectivity index (χ0v) is 13.7. The van der Waals surface area contributed by atoms with Crippen LogP contribution in [-0.4, -0.2) is 24.0 Å². The minimum absolute atomic E-state index is 0.0315. The van der Waals surface area contributed by atoms with Crippen LogP contribution in [0, 0.1) is 17.2 Å². The molecule has 9 heteroatoms. The van der Waals surface area contributed by atoms with E-state index in [-0.39, 0.29) is 29.1 Å². The van der Waals surface area contributed by atoms with Crippen molar-refractivity contribution in [2.45, 2.75) is 37.9 Å². The summed E-state index contributed by atoms with van der Waals surface area (Å²) >= 11 is 5.77. The van der Waals surface area contributed by atoms with E-state index < -0.39 is 30.0 Å². The van der Waals surface area contributed by atoms with Crippen LogP contribution in [0.2, 0.25) is 5.02 Å². The molecule has 0 saturated heterocycles. The molecule has 0 heterocycles. The lowest BCUT2D eigenvalue weighted by Gasteiger charge is -2.30. The maximum atomic E-state index is 12.8. The van der Waals surface area contributed by atoms with E-state index in [9.17, 15) is 22.8 Å². The molecule has 0 radical (unpaired) electrons. The second-order valence-electron chi connectivity index (χ2n) is 5.84. The summed E-state index contributed by atoms with van der Waals surface area (Å²) in [6.07, 6.45) is -3.78. The third-order valence-corrected chi connectivity index (χ3v) is 4.35. The third kappa shape index (κ3) is 5.10. The second kappa shape index (κ2) is 7.74. The highest BCUT2D eigenvalue weighted by Crippen LogP contribution is 2.37. The van der Waals surface area contributed by atoms with Crippen LogP contribution in [0.1, 0.15) is 31.2 Å². The van der Waals surface area contributed by atoms with Gasteiger partial charge in [0.05, 0.1) is 16.5 Å². The molecule has 0 aromatic heterocycles. The monoisotopic (exact) mass is 373 g/mol. The van der Waals surface area contributed by atoms with Crippen molar-refractivity contribution in [3.8, 4) is 6.07 Å². The van der Waals surface area contributed by atoms with Gasteiger partial charge in [0.2, 0.25) is 0 Å². The number of alkyl halides is 3. The fraction of sp³-hybridized carbons (Fsp3) is 0.438. The lowest BCUT2D eigenvalue weighted by molar-refractivity contribution is -0.184. The maximum absolute atomic E-state index is 12.8. The molecule has 2 unspecified atom stereocenters. The molecule has 2 atom stereocenters. The Morgan fingerprint density at radius 2 is 1.96 bits per heavy atom. The summed E-state index contributed by atoms with van der Waals surface area (Å²) in [5.41, 5.74) is 0.318. The van der Waals surface area contributed by atoms with Crippen molar-refractivity contribution >= 4 is 29.1 Å². The van der Waals surface area contributed by atoms with Crippen LogP contribution >= 0.6 is 11.6 Å². The standard InChI is InChI=1S/C16H15ClF3N3O2/c17-13-5-4-12(6-9(13)8-21)23-15(25)14(24)22-11-3-1-2-10(7-11)16(18,19)20/h4-6,10-11H,1-3,7H2,(H,22,24)(H,23,25). The topological polar surface area (TPSA) is 82.0 Å². The summed E-state index contributed by atoms with van der Waals surface area (Å²) in [6, 6.07) is 5.24. The van der Waals surface area contributed by atoms with E-state index in [1.54, 1.807) is 0 Å². The van der Waals surface area contributed by atoms with Gasteiger partial charge in [-0.3, -0.25) is 9.59 Å². The van der Waals surface area contributed by atoms with Gasteiger partial charge in [0, 0.05) is 11.7 Å². The first-order valence-corrected chi connectivity index (χ1v) is 7.96. The predicted molar refractivity (Wildman–Crippen MR) is 84.7 cm³/mol. The first-order valence-electron chi connectivity index (χ1n) is 7.59. The lowest BCUT2D eigenvalue weighted by Crippen LogP contribution is -2.45. The van der Waals surface area contributed by atoms with Gasteiger partial charge >= 0.3 is 18.0 Å². The fourth-order valence-corrected chi connectivity index (χ4v) is 2.91. The number of hydrogen-bond acceptors (Lipinski definition) is 3. The number of anilines is 1. The SMILES string of the molecule is N#Cc1cc(NC(=O)C(=O)NC2CCCC(C(F)(F)F)C2)ccc1Cl. The number of nitrogens with one attached hydrogen (secondary N) is 2. The highest BCUT2D eigenvalue weighted by Gasteiger charge is 2.42. The number of hydrogen-bond donors (Lipinski definition) is 2. The van der Waals surface area contributed by atoms with Crippen molar-refractivity contribution in [3.05, 3.63) is 28.8 Å². The zero-order valence-electron chi connectivity index (χ0n) is 13.0. The number of halogens is 4. The molecule has 2 N–H and O–H groups in total. The first-order chi connectivity index (χ1) is 11.7. The number of nitrogens with zero attached hydrogens (tertiary/aromatic N) is 1. The van der Waals surface area contributed by atoms with Crippen molar-refractivity contribution in [1.82, 2.24) is 5.32 Å². The maximum Gasteiger partial charge on any atom is 0.391 e. The molecule has 1 aromatic rings. The van der Waals surface area contributed by atoms with Gasteiger partial charge < -0.3 is 10.6 Å². The Bertz CT molecular complexity index is 716. The Balaban J connectivity index is 1.94. The molecule has 1 aromatic carbocycles. The van der Waals surface area contributed by atoms with Gasteiger partial charge in [0.15, 0.2) is 0 Å². The Morgan fingerprint density at radius 1 is 1.24 bits per heavy atom. The van der Waals surface area contributed by atoms with Crippen LogP contribution < -0.4 is 10.6 Å². The summed E-state index contributed by atoms with van der Waals surface area (Å²) in [7, 11) is 0. The molecule has 1 fully saturated rings. The Kier molecular flexibility index (Phi) is 5.90. The average Bonchev–Trinajstić information content (AvgIpc) is 2.56. The number of amides is 2. The van der Waals surface area contributed by atoms with Gasteiger partial charge in [-0.1, -0.05) is 18.0 Å². The van der Waals surface area contributed by atoms with Gasteiger partial charge in [0.1, 0.15) is 6.07 Å². The Morgan fingerprint density at radius 3 is 2.60 bits per heavy atom. The number of carbonyl (C=O) groups is 2. The summed E-state index contributed by atoms with van der Waals surface area (Å²) < 4.78 is 38.3. The van der Waals surface area contributed by atoms with E-state index in [0.717, 1.165) is 0 Å². The molecule has 5 nitrogen and oxygen atoms in total. The lowest BCUT2D eigenvalue weighted by atomic mass is 9.85. The fourth-order valence-electron chi connectivity index (χ4n) is 2.75. The van der Waals surface area contributed by atoms with E-state index in [1.807, 2.05) is 6.07 Å². The van der Waals surface area contributed by atoms with Crippen LogP contribution in [0.4, 0.5) is 18.9 Å². The van der Waals surface area contributed by atoms with Gasteiger partial charge in [-0.15, -0.1) is 0 Å². The van der Waals surface area contributed by atoms with E-state index in [2.05, 4.69) is 10.6 Å². The van der Waals surface area contributed by atoms with Gasteiger partial charge in [-0.05, 0) is 37.5 Å². The first kappa shape index (κ1) is 19.1. The molecule has 1 saturated carbocycles. The molecule has 134 valence electrons. The molecule has 2 amide bonds. The largest absolute Gasteiger partial charge is 0.391 e. The minimum Gasteiger partial charge on any atom is -0.345 e. The normalized spacial score (nSPS) is 20.4. The zero-order chi connectivity index (χ0) is 18.6. The minimum atomic E-state index is -4.30. The van der Waals surface area contributed by atoms with E-state index in [1.165, 1.54) is 18.2 Å². The second-order valence-corrected chi connectivity index (χ2v) is 6.24. The van der Waals surface area contributed by atoms with Crippen molar-refractivity contribution in [3.63, 3.8) is 0 Å². The van der Waals surface area contributed by atoms with E-state index in [4.69, 9.17) is 16.9 Å². The predicted octanol–water partition coefficient (Wildman–Crippen LogP) is 3.39. The summed E-state index contributed by atoms with van der Waals surface area (Å²) in [5.74, 6) is -3.49. The Labute approximate surface area is 147 Å². The molecular formula is C16H15ClF3N3O2. The van der Waals surface area contributed by atoms with Crippen LogP contribution in [0.15, 0.2) is 18.2 Å². The molecule has 0 aliphatic heterocycles. The molecule has 2 rings (SSSR count). The third-order valence-electron chi connectivity index (χ3n) is 4.02. The number of benzene rings is 1. The number of carbonyl (C=O) groups excluding carboxylic acids is 2. The Hall–Kier alpha value is -2.27. The highest BCUT2D eigenvalue weighted by atomic mass is 35.5. The van der Waals surface area contributed by atoms with Gasteiger partial charge in [0.25, 0.3) is 0 Å². The number of nitriles is 1. The average molecular weight is 374 g/mol. The molecular weight excluding hydrogens is 359 g/mol. The van der Waals surface area contributed by atoms with E-state index >= 15 is 0 Å². The van der Waals surface area contributed by atoms with Crippen molar-refractivity contribution in [1.29, 1.82) is 5.26 Å². The summed E-state index contributed by atoms with van der Waals surface area (Å²) in [4.78, 5) is 23.8. The molecule has 1 aliphatic carbocycles. The van der Waals surface area contributed by atoms with Crippen molar-refractivity contribution in [2.24, 2.45) is 5.92 Å². The van der Waals surface area contributed by atoms with Crippen LogP contribution in [0.25, 0.3) is 0 Å². The smallest absolute Gasteiger partial charge is 0.345 e. The van der Waals surface area contributed by atoms with Crippen molar-refractivity contribution in [2.75, 3.05) is 5.32 Å². The van der Waals surface area contributed by atoms with Crippen LogP contribution in [0.3, 0.4) is 0 Å². The highest BCUT2D eigenvalue weighted by molar-refractivity contribution is 6.39. The molecule has 1 aliphatic rings. The van der Waals surface area contributed by atoms with Crippen molar-refractivity contribution < 1.29 is 22.8 Å². The van der Waals surface area contributed by atoms with Gasteiger partial charge in [-0.25, -0.2) is 0 Å². The molecule has 0 spiro atoms.